The molecule has 0 radical (unpaired) electrons. The van der Waals surface area contributed by atoms with E-state index in [9.17, 15) is 4.79 Å². The maximum atomic E-state index is 12.6. The number of methoxy groups -OCH3 is 1. The van der Waals surface area contributed by atoms with Crippen LogP contribution in [0, 0.1) is 0 Å². The highest BCUT2D eigenvalue weighted by molar-refractivity contribution is 5.81. The molecule has 1 aromatic carbocycles. The van der Waals surface area contributed by atoms with Crippen molar-refractivity contribution in [3.05, 3.63) is 58.0 Å². The van der Waals surface area contributed by atoms with Crippen LogP contribution in [0.25, 0.3) is 16.7 Å². The van der Waals surface area contributed by atoms with Crippen LogP contribution in [-0.2, 0) is 16.7 Å². The summed E-state index contributed by atoms with van der Waals surface area (Å²) in [4.78, 5) is 15.7. The second kappa shape index (κ2) is 8.06. The van der Waals surface area contributed by atoms with Gasteiger partial charge in [0.2, 0.25) is 0 Å². The first-order valence-electron chi connectivity index (χ1n) is 9.32. The van der Waals surface area contributed by atoms with Crippen molar-refractivity contribution in [2.75, 3.05) is 20.3 Å². The third-order valence-electron chi connectivity index (χ3n) is 4.49. The summed E-state index contributed by atoms with van der Waals surface area (Å²) in [6, 6.07) is 11.9. The zero-order valence-electron chi connectivity index (χ0n) is 16.5. The van der Waals surface area contributed by atoms with E-state index in [2.05, 4.69) is 31.1 Å². The third-order valence-corrected chi connectivity index (χ3v) is 4.49. The van der Waals surface area contributed by atoms with Gasteiger partial charge in [0.05, 0.1) is 11.4 Å². The van der Waals surface area contributed by atoms with Gasteiger partial charge in [-0.1, -0.05) is 39.0 Å². The molecule has 144 valence electrons. The van der Waals surface area contributed by atoms with Crippen molar-refractivity contribution in [1.29, 1.82) is 0 Å². The van der Waals surface area contributed by atoms with E-state index in [1.54, 1.807) is 7.11 Å². The Hall–Kier alpha value is -2.44. The molecule has 2 aromatic heterocycles. The lowest BCUT2D eigenvalue weighted by atomic mass is 9.90. The molecular formula is C21H28N4O2. The summed E-state index contributed by atoms with van der Waals surface area (Å²) in [5.41, 5.74) is 3.13. The fourth-order valence-electron chi connectivity index (χ4n) is 3.12. The summed E-state index contributed by atoms with van der Waals surface area (Å²) >= 11 is 0. The van der Waals surface area contributed by atoms with Gasteiger partial charge in [-0.05, 0) is 31.2 Å². The molecule has 6 nitrogen and oxygen atoms in total. The lowest BCUT2D eigenvalue weighted by Crippen LogP contribution is -2.23. The van der Waals surface area contributed by atoms with E-state index >= 15 is 0 Å². The number of hydrogen-bond acceptors (Lipinski definition) is 4. The Kier molecular flexibility index (Phi) is 5.77. The Morgan fingerprint density at radius 3 is 2.63 bits per heavy atom. The normalized spacial score (nSPS) is 12.0. The van der Waals surface area contributed by atoms with Crippen molar-refractivity contribution in [3.8, 4) is 5.69 Å². The first kappa shape index (κ1) is 19.3. The van der Waals surface area contributed by atoms with Gasteiger partial charge in [-0.3, -0.25) is 4.79 Å². The first-order valence-corrected chi connectivity index (χ1v) is 9.32. The Labute approximate surface area is 159 Å². The molecule has 2 N–H and O–H groups in total. The number of fused-ring (bicyclic) bond motifs is 1. The zero-order valence-corrected chi connectivity index (χ0v) is 16.5. The lowest BCUT2D eigenvalue weighted by molar-refractivity contribution is 0.194. The Balaban J connectivity index is 2.03. The maximum absolute atomic E-state index is 12.6. The van der Waals surface area contributed by atoms with E-state index in [1.165, 1.54) is 0 Å². The van der Waals surface area contributed by atoms with E-state index in [1.807, 2.05) is 41.1 Å². The number of ether oxygens (including phenoxy) is 1. The molecule has 2 heterocycles. The minimum Gasteiger partial charge on any atom is -0.385 e. The number of hydrogen-bond donors (Lipinski definition) is 2. The van der Waals surface area contributed by atoms with E-state index in [0.29, 0.717) is 13.2 Å². The smallest absolute Gasteiger partial charge is 0.254 e. The number of H-pyrrole nitrogens is 1. The average Bonchev–Trinajstić information content (AvgIpc) is 3.01. The van der Waals surface area contributed by atoms with Crippen molar-refractivity contribution in [3.63, 3.8) is 0 Å². The topological polar surface area (TPSA) is 71.9 Å². The Morgan fingerprint density at radius 2 is 1.96 bits per heavy atom. The zero-order chi connectivity index (χ0) is 19.4. The van der Waals surface area contributed by atoms with Crippen molar-refractivity contribution in [1.82, 2.24) is 20.1 Å². The van der Waals surface area contributed by atoms with Crippen LogP contribution in [0.3, 0.4) is 0 Å². The number of pyridine rings is 1. The summed E-state index contributed by atoms with van der Waals surface area (Å²) in [7, 11) is 1.69. The highest BCUT2D eigenvalue weighted by atomic mass is 16.5. The van der Waals surface area contributed by atoms with Gasteiger partial charge in [0, 0.05) is 36.6 Å². The Bertz CT molecular complexity index is 952. The van der Waals surface area contributed by atoms with Gasteiger partial charge >= 0.3 is 0 Å². The fourth-order valence-corrected chi connectivity index (χ4v) is 3.12. The van der Waals surface area contributed by atoms with Crippen molar-refractivity contribution < 1.29 is 4.74 Å². The molecule has 0 bridgehead atoms. The number of benzene rings is 1. The molecule has 0 spiro atoms. The molecule has 0 aliphatic heterocycles. The van der Waals surface area contributed by atoms with Gasteiger partial charge in [-0.25, -0.2) is 4.68 Å². The molecule has 6 heteroatoms. The molecular weight excluding hydrogens is 340 g/mol. The van der Waals surface area contributed by atoms with Crippen molar-refractivity contribution in [2.45, 2.75) is 39.2 Å². The summed E-state index contributed by atoms with van der Waals surface area (Å²) in [5.74, 6) is 0. The van der Waals surface area contributed by atoms with Crippen LogP contribution in [0.1, 0.15) is 38.4 Å². The molecule has 3 aromatic rings. The van der Waals surface area contributed by atoms with Crippen LogP contribution in [0.5, 0.6) is 0 Å². The number of aromatic nitrogens is 3. The number of rotatable bonds is 7. The van der Waals surface area contributed by atoms with Crippen LogP contribution < -0.4 is 10.9 Å². The number of nitrogens with zero attached hydrogens (tertiary/aromatic N) is 2. The van der Waals surface area contributed by atoms with Gasteiger partial charge in [0.1, 0.15) is 5.65 Å². The maximum Gasteiger partial charge on any atom is 0.254 e. The summed E-state index contributed by atoms with van der Waals surface area (Å²) in [6.45, 7) is 8.45. The van der Waals surface area contributed by atoms with E-state index < -0.39 is 0 Å². The first-order chi connectivity index (χ1) is 12.9. The minimum absolute atomic E-state index is 0.0840. The van der Waals surface area contributed by atoms with Crippen LogP contribution >= 0.6 is 0 Å². The molecule has 0 aliphatic rings. The van der Waals surface area contributed by atoms with E-state index in [-0.39, 0.29) is 11.0 Å². The van der Waals surface area contributed by atoms with E-state index in [4.69, 9.17) is 9.84 Å². The van der Waals surface area contributed by atoms with E-state index in [0.717, 1.165) is 40.9 Å². The standard InChI is InChI=1S/C21H28N4O2/c1-21(2,3)18-17-13-15(14-22-11-8-12-27-4)20(26)23-19(17)25(24-18)16-9-6-5-7-10-16/h5-7,9-10,13,22H,8,11-12,14H2,1-4H3,(H,23,26). The number of aromatic amines is 1. The largest absolute Gasteiger partial charge is 0.385 e. The Morgan fingerprint density at radius 1 is 1.22 bits per heavy atom. The van der Waals surface area contributed by atoms with Gasteiger partial charge in [0.25, 0.3) is 5.56 Å². The summed E-state index contributed by atoms with van der Waals surface area (Å²) in [6.07, 6.45) is 0.913. The molecule has 0 atom stereocenters. The van der Waals surface area contributed by atoms with Gasteiger partial charge in [-0.15, -0.1) is 0 Å². The predicted octanol–water partition coefficient (Wildman–Crippen LogP) is 3.14. The van der Waals surface area contributed by atoms with Crippen LogP contribution in [0.4, 0.5) is 0 Å². The predicted molar refractivity (Wildman–Crippen MR) is 109 cm³/mol. The van der Waals surface area contributed by atoms with Gasteiger partial charge in [-0.2, -0.15) is 5.10 Å². The van der Waals surface area contributed by atoms with Crippen LogP contribution in [-0.4, -0.2) is 35.0 Å². The molecule has 0 aliphatic carbocycles. The molecule has 0 saturated carbocycles. The number of nitrogens with one attached hydrogen (secondary N) is 2. The molecule has 0 saturated heterocycles. The molecule has 0 unspecified atom stereocenters. The molecule has 0 amide bonds. The minimum atomic E-state index is -0.139. The third kappa shape index (κ3) is 4.28. The van der Waals surface area contributed by atoms with Crippen LogP contribution in [0.2, 0.25) is 0 Å². The highest BCUT2D eigenvalue weighted by Crippen LogP contribution is 2.29. The van der Waals surface area contributed by atoms with Gasteiger partial charge < -0.3 is 15.0 Å². The van der Waals surface area contributed by atoms with Crippen molar-refractivity contribution in [2.24, 2.45) is 0 Å². The monoisotopic (exact) mass is 368 g/mol. The quantitative estimate of drug-likeness (QED) is 0.629. The molecule has 27 heavy (non-hydrogen) atoms. The molecule has 0 fully saturated rings. The average molecular weight is 368 g/mol. The lowest BCUT2D eigenvalue weighted by Gasteiger charge is -2.15. The van der Waals surface area contributed by atoms with Gasteiger partial charge in [0.15, 0.2) is 0 Å². The number of para-hydroxylation sites is 1. The summed E-state index contributed by atoms with van der Waals surface area (Å²) < 4.78 is 6.88. The second-order valence-corrected chi connectivity index (χ2v) is 7.76. The van der Waals surface area contributed by atoms with Crippen LogP contribution in [0.15, 0.2) is 41.2 Å². The SMILES string of the molecule is COCCCNCc1cc2c(C(C)(C)C)nn(-c3ccccc3)c2[nH]c1=O. The fraction of sp³-hybridized carbons (Fsp3) is 0.429. The summed E-state index contributed by atoms with van der Waals surface area (Å²) in [5, 5.41) is 9.14. The highest BCUT2D eigenvalue weighted by Gasteiger charge is 2.24. The second-order valence-electron chi connectivity index (χ2n) is 7.76. The molecule has 3 rings (SSSR count). The van der Waals surface area contributed by atoms with Crippen molar-refractivity contribution >= 4 is 11.0 Å².